The normalized spacial score (nSPS) is 21.7. The molecule has 482 valence electrons. The van der Waals surface area contributed by atoms with E-state index >= 15 is 0 Å². The average Bonchev–Trinajstić information content (AvgIpc) is 1.38. The highest BCUT2D eigenvalue weighted by molar-refractivity contribution is 9.10. The van der Waals surface area contributed by atoms with Crippen molar-refractivity contribution < 1.29 is 92.3 Å². The number of carboxylic acids is 2. The van der Waals surface area contributed by atoms with Crippen molar-refractivity contribution in [3.63, 3.8) is 0 Å². The van der Waals surface area contributed by atoms with Crippen LogP contribution in [-0.2, 0) is 65.5 Å². The van der Waals surface area contributed by atoms with Crippen LogP contribution in [0.2, 0.25) is 0 Å². The lowest BCUT2D eigenvalue weighted by molar-refractivity contribution is -0.271. The Morgan fingerprint density at radius 1 is 0.860 bits per heavy atom. The summed E-state index contributed by atoms with van der Waals surface area (Å²) in [7, 11) is 5.83. The van der Waals surface area contributed by atoms with Gasteiger partial charge in [0, 0.05) is 47.8 Å². The van der Waals surface area contributed by atoms with Crippen LogP contribution in [0, 0.1) is 23.7 Å². The number of methoxy groups -OCH3 is 2. The van der Waals surface area contributed by atoms with Crippen LogP contribution in [-0.4, -0.2) is 215 Å². The van der Waals surface area contributed by atoms with Crippen molar-refractivity contribution in [3.8, 4) is 5.75 Å². The van der Waals surface area contributed by atoms with Crippen LogP contribution in [0.3, 0.4) is 0 Å². The van der Waals surface area contributed by atoms with Gasteiger partial charge in [0.2, 0.25) is 29.9 Å². The Labute approximate surface area is 511 Å². The second-order valence-electron chi connectivity index (χ2n) is 23.3. The van der Waals surface area contributed by atoms with Gasteiger partial charge in [-0.05, 0) is 83.6 Å². The summed E-state index contributed by atoms with van der Waals surface area (Å²) < 4.78 is 34.3. The predicted molar refractivity (Wildman–Crippen MR) is 315 cm³/mol. The zero-order valence-corrected chi connectivity index (χ0v) is 53.0. The number of aliphatic carboxylic acids is 2. The predicted octanol–water partition coefficient (Wildman–Crippen LogP) is 2.63. The molecular formula is C59H90BrN7O19. The maximum absolute atomic E-state index is 14.8. The van der Waals surface area contributed by atoms with Crippen molar-refractivity contribution in [1.82, 2.24) is 30.7 Å². The number of benzene rings is 2. The molecule has 0 spiro atoms. The number of carbonyl (C=O) groups is 8. The molecule has 14 atom stereocenters. The molecule has 0 aromatic heterocycles. The first-order chi connectivity index (χ1) is 40.3. The Morgan fingerprint density at radius 2 is 1.51 bits per heavy atom. The molecule has 2 aliphatic rings. The number of rotatable bonds is 31. The van der Waals surface area contributed by atoms with E-state index in [2.05, 4.69) is 31.9 Å². The molecule has 6 amide bonds. The van der Waals surface area contributed by atoms with Crippen molar-refractivity contribution in [2.24, 2.45) is 29.4 Å². The molecule has 86 heavy (non-hydrogen) atoms. The summed E-state index contributed by atoms with van der Waals surface area (Å²) >= 11 is 3.34. The number of amides is 6. The van der Waals surface area contributed by atoms with E-state index in [0.717, 1.165) is 10.5 Å². The third-order valence-corrected chi connectivity index (χ3v) is 16.2. The highest BCUT2D eigenvalue weighted by Gasteiger charge is 2.49. The maximum atomic E-state index is 14.8. The van der Waals surface area contributed by atoms with E-state index in [4.69, 9.17) is 34.2 Å². The van der Waals surface area contributed by atoms with E-state index in [1.54, 1.807) is 84.7 Å². The molecule has 2 fully saturated rings. The number of hydrogen-bond donors (Lipinski definition) is 9. The van der Waals surface area contributed by atoms with Gasteiger partial charge in [0.1, 0.15) is 54.5 Å². The molecule has 2 aromatic rings. The van der Waals surface area contributed by atoms with Gasteiger partial charge in [0.05, 0.1) is 53.3 Å². The monoisotopic (exact) mass is 1280 g/mol. The molecule has 0 radical (unpaired) electrons. The number of carbonyl (C=O) groups excluding carboxylic acids is 6. The average molecular weight is 1280 g/mol. The Kier molecular flexibility index (Phi) is 27.6. The molecule has 4 rings (SSSR count). The summed E-state index contributed by atoms with van der Waals surface area (Å²) in [6, 6.07) is 6.84. The molecule has 0 aliphatic carbocycles. The standard InChI is InChI=1S/C59H90BrN7O19/c1-14-32(6)44(40(81-12)28-41(68)67-23-18-21-39(67)48(82-13)33(7)51(72)63-38(55(76)77)27-34-19-16-15-17-20-34)65(10)54(75)42(30(2)3)64-53(74)43(31(4)5)66(11)58(80)83-29-35-25-36(52(73)62-22-24-84-59(8,9)61)49(37(60)26-35)85-57-47(71)45(69)46(70)50(86-57)56(78)79/h15-17,19-20,25-26,30-33,38-40,42-48,50,57,69-71H,14,18,21-24,27-29,61H2,1-13H3,(H,62,73)(H,63,72)(H,64,74)(H,76,77)(H,78,79)/t32?,33-,38?,39+,40-,42+,43+,44+,45+,46+,47?,48-,50+,57-/m1/s1. The summed E-state index contributed by atoms with van der Waals surface area (Å²) in [4.78, 5) is 113. The summed E-state index contributed by atoms with van der Waals surface area (Å²) in [5.41, 5.74) is 5.57. The quantitative estimate of drug-likeness (QED) is 0.0387. The largest absolute Gasteiger partial charge is 0.480 e. The number of nitrogens with one attached hydrogen (secondary N) is 3. The number of halogens is 1. The first-order valence-electron chi connectivity index (χ1n) is 28.8. The molecule has 2 saturated heterocycles. The van der Waals surface area contributed by atoms with Gasteiger partial charge >= 0.3 is 18.0 Å². The van der Waals surface area contributed by atoms with Gasteiger partial charge in [-0.15, -0.1) is 0 Å². The highest BCUT2D eigenvalue weighted by atomic mass is 79.9. The molecule has 27 heteroatoms. The van der Waals surface area contributed by atoms with E-state index in [0.29, 0.717) is 25.8 Å². The zero-order valence-electron chi connectivity index (χ0n) is 51.4. The summed E-state index contributed by atoms with van der Waals surface area (Å²) in [5.74, 6) is -8.04. The van der Waals surface area contributed by atoms with Crippen LogP contribution >= 0.6 is 15.9 Å². The van der Waals surface area contributed by atoms with Gasteiger partial charge in [-0.25, -0.2) is 14.4 Å². The minimum Gasteiger partial charge on any atom is -0.480 e. The Bertz CT molecular complexity index is 2630. The number of nitrogens with two attached hydrogens (primary N) is 1. The number of likely N-dealkylation sites (N-methyl/N-ethyl adjacent to an activating group) is 2. The second-order valence-corrected chi connectivity index (χ2v) is 24.1. The van der Waals surface area contributed by atoms with Crippen molar-refractivity contribution in [2.75, 3.05) is 48.0 Å². The van der Waals surface area contributed by atoms with Crippen LogP contribution in [0.15, 0.2) is 46.9 Å². The van der Waals surface area contributed by atoms with Crippen LogP contribution in [0.4, 0.5) is 4.79 Å². The lowest BCUT2D eigenvalue weighted by Crippen LogP contribution is -2.61. The minimum absolute atomic E-state index is 0.0204. The van der Waals surface area contributed by atoms with E-state index in [9.17, 15) is 63.9 Å². The molecule has 0 saturated carbocycles. The van der Waals surface area contributed by atoms with Crippen molar-refractivity contribution >= 4 is 63.5 Å². The molecular weight excluding hydrogens is 1190 g/mol. The lowest BCUT2D eigenvalue weighted by atomic mass is 9.89. The molecule has 26 nitrogen and oxygen atoms in total. The summed E-state index contributed by atoms with van der Waals surface area (Å²) in [5, 5.41) is 59.2. The van der Waals surface area contributed by atoms with Crippen LogP contribution < -0.4 is 26.4 Å². The SMILES string of the molecule is CCC(C)[C@@H]([C@@H](CC(=O)N1CCC[C@H]1[C@H](OC)[C@@H](C)C(=O)NC(Cc1ccccc1)C(=O)O)OC)N(C)C(=O)[C@@H](NC(=O)[C@H](C(C)C)N(C)C(=O)OCc1cc(Br)c(O[C@@H]2O[C@H](C(=O)O)[C@@H](O)[C@H](O)C2O)c(C(=O)NCCOC(C)(C)N)c1)C(C)C. The van der Waals surface area contributed by atoms with Gasteiger partial charge in [-0.1, -0.05) is 85.2 Å². The van der Waals surface area contributed by atoms with Crippen LogP contribution in [0.25, 0.3) is 0 Å². The van der Waals surface area contributed by atoms with Gasteiger partial charge in [-0.2, -0.15) is 0 Å². The number of hydrogen-bond acceptors (Lipinski definition) is 18. The number of ether oxygens (including phenoxy) is 6. The van der Waals surface area contributed by atoms with E-state index in [-0.39, 0.29) is 59.2 Å². The molecule has 2 aliphatic heterocycles. The Hall–Kier alpha value is -6.04. The molecule has 2 heterocycles. The van der Waals surface area contributed by atoms with Gasteiger partial charge in [-0.3, -0.25) is 28.9 Å². The lowest BCUT2D eigenvalue weighted by Gasteiger charge is -2.41. The van der Waals surface area contributed by atoms with E-state index in [1.807, 2.05) is 19.9 Å². The van der Waals surface area contributed by atoms with Gasteiger partial charge in [0.25, 0.3) is 5.91 Å². The Balaban J connectivity index is 1.51. The molecule has 2 aromatic carbocycles. The van der Waals surface area contributed by atoms with Crippen molar-refractivity contribution in [1.29, 1.82) is 0 Å². The minimum atomic E-state index is -2.02. The third kappa shape index (κ3) is 19.2. The molecule has 3 unspecified atom stereocenters. The van der Waals surface area contributed by atoms with E-state index < -0.39 is 145 Å². The smallest absolute Gasteiger partial charge is 0.410 e. The number of nitrogens with zero attached hydrogens (tertiary/aromatic N) is 3. The number of aliphatic hydroxyl groups is 3. The first-order valence-corrected chi connectivity index (χ1v) is 29.6. The van der Waals surface area contributed by atoms with Crippen molar-refractivity contribution in [2.45, 2.75) is 180 Å². The first kappa shape index (κ1) is 72.4. The fraction of sp³-hybridized carbons (Fsp3) is 0.661. The number of carboxylic acid groups (broad SMARTS) is 2. The third-order valence-electron chi connectivity index (χ3n) is 15.6. The highest BCUT2D eigenvalue weighted by Crippen LogP contribution is 2.36. The summed E-state index contributed by atoms with van der Waals surface area (Å²) in [6.45, 7) is 15.4. The van der Waals surface area contributed by atoms with Gasteiger partial charge in [0.15, 0.2) is 6.10 Å². The molecule has 10 N–H and O–H groups in total. The van der Waals surface area contributed by atoms with E-state index in [1.165, 1.54) is 38.3 Å². The number of aliphatic hydroxyl groups excluding tert-OH is 3. The second kappa shape index (κ2) is 32.8. The topological polar surface area (TPSA) is 365 Å². The van der Waals surface area contributed by atoms with Crippen LogP contribution in [0.1, 0.15) is 109 Å². The Morgan fingerprint density at radius 3 is 2.07 bits per heavy atom. The van der Waals surface area contributed by atoms with Crippen LogP contribution in [0.5, 0.6) is 5.75 Å². The summed E-state index contributed by atoms with van der Waals surface area (Å²) in [6.07, 6.45) is -10.9. The zero-order chi connectivity index (χ0) is 64.7. The fourth-order valence-electron chi connectivity index (χ4n) is 10.8. The maximum Gasteiger partial charge on any atom is 0.410 e. The van der Waals surface area contributed by atoms with Crippen molar-refractivity contribution in [3.05, 3.63) is 63.6 Å². The molecule has 0 bridgehead atoms. The number of likely N-dealkylation sites (tertiary alicyclic amines) is 1. The van der Waals surface area contributed by atoms with Gasteiger partial charge < -0.3 is 85.4 Å². The fourth-order valence-corrected chi connectivity index (χ4v) is 11.4.